The van der Waals surface area contributed by atoms with Crippen molar-refractivity contribution in [2.45, 2.75) is 182 Å². The third kappa shape index (κ3) is 28.7. The average molecular weight is 547 g/mol. The molecule has 0 fully saturated rings. The highest BCUT2D eigenvalue weighted by Crippen LogP contribution is 2.18. The molecular formula is C32H66O4S. The lowest BCUT2D eigenvalue weighted by Gasteiger charge is -2.13. The van der Waals surface area contributed by atoms with E-state index in [1.165, 1.54) is 128 Å². The van der Waals surface area contributed by atoms with Gasteiger partial charge in [-0.15, -0.1) is 0 Å². The van der Waals surface area contributed by atoms with Crippen LogP contribution in [0.5, 0.6) is 0 Å². The molecule has 0 aliphatic heterocycles. The number of hydrogen-bond acceptors (Lipinski definition) is 4. The first kappa shape index (κ1) is 36.9. The van der Waals surface area contributed by atoms with Gasteiger partial charge in [-0.1, -0.05) is 169 Å². The highest BCUT2D eigenvalue weighted by molar-refractivity contribution is 7.81. The molecule has 0 amide bonds. The fourth-order valence-corrected chi connectivity index (χ4v) is 5.65. The normalized spacial score (nSPS) is 13.7. The summed E-state index contributed by atoms with van der Waals surface area (Å²) in [5.74, 6) is 0.982. The number of rotatable bonds is 30. The zero-order valence-corrected chi connectivity index (χ0v) is 26.4. The van der Waals surface area contributed by atoms with Gasteiger partial charge in [-0.05, 0) is 24.7 Å². The van der Waals surface area contributed by atoms with Crippen LogP contribution in [0.3, 0.4) is 0 Å². The molecule has 0 aromatic carbocycles. The van der Waals surface area contributed by atoms with Crippen molar-refractivity contribution in [3.8, 4) is 0 Å². The lowest BCUT2D eigenvalue weighted by molar-refractivity contribution is 0.193. The molecule has 224 valence electrons. The second kappa shape index (κ2) is 27.4. The van der Waals surface area contributed by atoms with Gasteiger partial charge in [-0.3, -0.25) is 0 Å². The third-order valence-corrected chi connectivity index (χ3v) is 8.69. The Kier molecular flexibility index (Phi) is 27.3. The molecule has 0 bridgehead atoms. The van der Waals surface area contributed by atoms with Crippen molar-refractivity contribution in [1.29, 1.82) is 0 Å². The smallest absolute Gasteiger partial charge is 0.248 e. The van der Waals surface area contributed by atoms with Gasteiger partial charge in [-0.25, -0.2) is 8.37 Å². The van der Waals surface area contributed by atoms with Crippen LogP contribution in [0.4, 0.5) is 0 Å². The minimum absolute atomic E-state index is 0.232. The van der Waals surface area contributed by atoms with Crippen molar-refractivity contribution in [1.82, 2.24) is 0 Å². The van der Waals surface area contributed by atoms with E-state index in [0.717, 1.165) is 25.7 Å². The molecule has 0 N–H and O–H groups in total. The van der Waals surface area contributed by atoms with Crippen molar-refractivity contribution in [3.05, 3.63) is 0 Å². The van der Waals surface area contributed by atoms with Crippen LogP contribution in [0.1, 0.15) is 182 Å². The standard InChI is InChI=1S/C32H66O4S/c1-5-7-9-11-13-15-17-19-21-23-25-31(3)27-29-35-37(33,34)36-30-28-32(4)26-24-22-20-18-16-14-12-10-8-6-2/h31-32H,5-30H2,1-4H3. The highest BCUT2D eigenvalue weighted by Gasteiger charge is 2.14. The van der Waals surface area contributed by atoms with Crippen molar-refractivity contribution in [2.24, 2.45) is 11.8 Å². The average Bonchev–Trinajstić information content (AvgIpc) is 2.86. The van der Waals surface area contributed by atoms with Crippen LogP contribution < -0.4 is 0 Å². The van der Waals surface area contributed by atoms with Gasteiger partial charge in [0.1, 0.15) is 0 Å². The molecule has 0 aliphatic rings. The fourth-order valence-electron chi connectivity index (χ4n) is 4.99. The summed E-state index contributed by atoms with van der Waals surface area (Å²) in [7, 11) is -3.86. The zero-order valence-electron chi connectivity index (χ0n) is 25.6. The van der Waals surface area contributed by atoms with Crippen molar-refractivity contribution in [2.75, 3.05) is 13.2 Å². The maximum Gasteiger partial charge on any atom is 0.399 e. The molecule has 0 radical (unpaired) electrons. The molecule has 2 atom stereocenters. The van der Waals surface area contributed by atoms with Crippen LogP contribution in [0.25, 0.3) is 0 Å². The summed E-state index contributed by atoms with van der Waals surface area (Å²) in [6, 6.07) is 0. The predicted octanol–water partition coefficient (Wildman–Crippen LogP) is 10.9. The van der Waals surface area contributed by atoms with Gasteiger partial charge in [0, 0.05) is 0 Å². The van der Waals surface area contributed by atoms with Crippen molar-refractivity contribution < 1.29 is 16.8 Å². The topological polar surface area (TPSA) is 52.6 Å². The van der Waals surface area contributed by atoms with E-state index in [-0.39, 0.29) is 13.2 Å². The Bertz CT molecular complexity index is 507. The van der Waals surface area contributed by atoms with E-state index in [9.17, 15) is 8.42 Å². The fraction of sp³-hybridized carbons (Fsp3) is 1.00. The molecule has 0 saturated heterocycles. The molecule has 0 aromatic rings. The summed E-state index contributed by atoms with van der Waals surface area (Å²) < 4.78 is 34.3. The Hall–Kier alpha value is -0.130. The second-order valence-corrected chi connectivity index (χ2v) is 13.1. The van der Waals surface area contributed by atoms with E-state index >= 15 is 0 Å². The molecule has 5 heteroatoms. The molecule has 2 unspecified atom stereocenters. The minimum atomic E-state index is -3.86. The SMILES string of the molecule is CCCCCCCCCCCCC(C)CCOS(=O)(=O)OCCC(C)CCCCCCCCCCCC. The Morgan fingerprint density at radius 1 is 0.432 bits per heavy atom. The Morgan fingerprint density at radius 2 is 0.703 bits per heavy atom. The minimum Gasteiger partial charge on any atom is -0.248 e. The van der Waals surface area contributed by atoms with Gasteiger partial charge in [0.15, 0.2) is 0 Å². The van der Waals surface area contributed by atoms with Crippen LogP contribution in [-0.4, -0.2) is 21.6 Å². The maximum atomic E-state index is 12.0. The lowest BCUT2D eigenvalue weighted by atomic mass is 9.99. The summed E-state index contributed by atoms with van der Waals surface area (Å²) >= 11 is 0. The van der Waals surface area contributed by atoms with Crippen LogP contribution >= 0.6 is 0 Å². The first-order valence-corrected chi connectivity index (χ1v) is 17.8. The molecule has 0 spiro atoms. The molecule has 0 rings (SSSR count). The van der Waals surface area contributed by atoms with Gasteiger partial charge < -0.3 is 0 Å². The van der Waals surface area contributed by atoms with E-state index in [0.29, 0.717) is 11.8 Å². The van der Waals surface area contributed by atoms with Gasteiger partial charge in [0.25, 0.3) is 0 Å². The van der Waals surface area contributed by atoms with Crippen molar-refractivity contribution in [3.63, 3.8) is 0 Å². The monoisotopic (exact) mass is 546 g/mol. The van der Waals surface area contributed by atoms with Gasteiger partial charge in [0.05, 0.1) is 13.2 Å². The molecule has 0 aliphatic carbocycles. The van der Waals surface area contributed by atoms with Gasteiger partial charge in [0.2, 0.25) is 0 Å². The first-order valence-electron chi connectivity index (χ1n) is 16.4. The third-order valence-electron chi connectivity index (χ3n) is 7.78. The Morgan fingerprint density at radius 3 is 1.00 bits per heavy atom. The molecule has 0 aromatic heterocycles. The highest BCUT2D eigenvalue weighted by atomic mass is 32.3. The predicted molar refractivity (Wildman–Crippen MR) is 161 cm³/mol. The lowest BCUT2D eigenvalue weighted by Crippen LogP contribution is -2.14. The summed E-state index contributed by atoms with van der Waals surface area (Å²) in [5.41, 5.74) is 0. The first-order chi connectivity index (χ1) is 17.9. The molecule has 4 nitrogen and oxygen atoms in total. The van der Waals surface area contributed by atoms with E-state index in [1.54, 1.807) is 0 Å². The number of hydrogen-bond donors (Lipinski definition) is 0. The quantitative estimate of drug-likeness (QED) is 0.0841. The molecule has 37 heavy (non-hydrogen) atoms. The van der Waals surface area contributed by atoms with E-state index < -0.39 is 10.4 Å². The summed E-state index contributed by atoms with van der Waals surface area (Å²) in [4.78, 5) is 0. The van der Waals surface area contributed by atoms with E-state index in [1.807, 2.05) is 0 Å². The van der Waals surface area contributed by atoms with E-state index in [2.05, 4.69) is 27.7 Å². The van der Waals surface area contributed by atoms with Gasteiger partial charge in [-0.2, -0.15) is 8.42 Å². The second-order valence-electron chi connectivity index (χ2n) is 11.8. The van der Waals surface area contributed by atoms with E-state index in [4.69, 9.17) is 8.37 Å². The molecule has 0 heterocycles. The van der Waals surface area contributed by atoms with Gasteiger partial charge >= 0.3 is 10.4 Å². The largest absolute Gasteiger partial charge is 0.399 e. The molecular weight excluding hydrogens is 480 g/mol. The van der Waals surface area contributed by atoms with Crippen LogP contribution in [0.2, 0.25) is 0 Å². The van der Waals surface area contributed by atoms with Crippen LogP contribution in [0, 0.1) is 11.8 Å². The summed E-state index contributed by atoms with van der Waals surface area (Å²) in [5, 5.41) is 0. The Labute approximate surface area is 233 Å². The summed E-state index contributed by atoms with van der Waals surface area (Å²) in [6.07, 6.45) is 30.8. The Balaban J connectivity index is 3.56. The summed E-state index contributed by atoms with van der Waals surface area (Å²) in [6.45, 7) is 9.38. The van der Waals surface area contributed by atoms with Crippen LogP contribution in [0.15, 0.2) is 0 Å². The molecule has 0 saturated carbocycles. The number of unbranched alkanes of at least 4 members (excludes halogenated alkanes) is 18. The van der Waals surface area contributed by atoms with Crippen molar-refractivity contribution >= 4 is 10.4 Å². The zero-order chi connectivity index (χ0) is 27.5. The maximum absolute atomic E-state index is 12.0. The van der Waals surface area contributed by atoms with Crippen LogP contribution in [-0.2, 0) is 18.8 Å².